The van der Waals surface area contributed by atoms with Crippen LogP contribution in [0.25, 0.3) is 0 Å². The molecule has 0 atom stereocenters. The predicted octanol–water partition coefficient (Wildman–Crippen LogP) is 3.13. The second kappa shape index (κ2) is 5.07. The molecule has 0 aliphatic heterocycles. The maximum absolute atomic E-state index is 7.22. The minimum Gasteiger partial charge on any atom is -0.386 e. The monoisotopic (exact) mass is 269 g/mol. The van der Waals surface area contributed by atoms with E-state index < -0.39 is 0 Å². The van der Waals surface area contributed by atoms with E-state index >= 15 is 0 Å². The predicted molar refractivity (Wildman–Crippen MR) is 72.5 cm³/mol. The van der Waals surface area contributed by atoms with Crippen LogP contribution in [-0.4, -0.2) is 18.1 Å². The molecule has 0 saturated heterocycles. The Morgan fingerprint density at radius 1 is 1.35 bits per heavy atom. The highest BCUT2D eigenvalue weighted by Gasteiger charge is 2.30. The van der Waals surface area contributed by atoms with Crippen molar-refractivity contribution in [2.45, 2.75) is 12.8 Å². The van der Waals surface area contributed by atoms with Gasteiger partial charge in [-0.25, -0.2) is 0 Å². The largest absolute Gasteiger partial charge is 0.386 e. The molecule has 0 bridgehead atoms. The van der Waals surface area contributed by atoms with E-state index in [9.17, 15) is 0 Å². The number of hydrogen-bond donors (Lipinski definition) is 2. The maximum atomic E-state index is 7.22. The molecule has 3 nitrogen and oxygen atoms in total. The van der Waals surface area contributed by atoms with Crippen LogP contribution in [0.4, 0.5) is 0 Å². The van der Waals surface area contributed by atoms with E-state index in [2.05, 4.69) is 4.99 Å². The molecule has 3 N–H and O–H groups in total. The van der Waals surface area contributed by atoms with Crippen LogP contribution in [0.15, 0.2) is 23.2 Å². The lowest BCUT2D eigenvalue weighted by molar-refractivity contribution is 1.13. The molecule has 0 amide bonds. The third-order valence-corrected chi connectivity index (χ3v) is 3.23. The van der Waals surface area contributed by atoms with Crippen molar-refractivity contribution >= 4 is 34.7 Å². The van der Waals surface area contributed by atoms with E-state index in [1.165, 1.54) is 0 Å². The Labute approximate surface area is 110 Å². The fraction of sp³-hybridized carbons (Fsp3) is 0.333. The summed E-state index contributed by atoms with van der Waals surface area (Å²) >= 11 is 12.3. The standard InChI is InChI=1S/C12H13Cl2N3/c13-8-2-1-3-9(14)11(8)12(7-4-5-7)17-6-10(15)16/h1-3,7H,4-6H2,(H3,15,16). The van der Waals surface area contributed by atoms with Gasteiger partial charge in [-0.1, -0.05) is 29.3 Å². The molecule has 0 heterocycles. The Morgan fingerprint density at radius 2 is 1.94 bits per heavy atom. The summed E-state index contributed by atoms with van der Waals surface area (Å²) in [6, 6.07) is 5.41. The minimum atomic E-state index is 0.0475. The van der Waals surface area contributed by atoms with Gasteiger partial charge < -0.3 is 5.73 Å². The number of rotatable bonds is 4. The molecule has 17 heavy (non-hydrogen) atoms. The van der Waals surface area contributed by atoms with Gasteiger partial charge in [-0.15, -0.1) is 0 Å². The molecular weight excluding hydrogens is 257 g/mol. The fourth-order valence-electron chi connectivity index (χ4n) is 1.68. The highest BCUT2D eigenvalue weighted by molar-refractivity contribution is 6.40. The molecule has 1 aromatic carbocycles. The molecule has 5 heteroatoms. The van der Waals surface area contributed by atoms with Gasteiger partial charge in [-0.3, -0.25) is 10.4 Å². The van der Waals surface area contributed by atoms with Crippen LogP contribution in [0.1, 0.15) is 18.4 Å². The minimum absolute atomic E-state index is 0.0475. The normalized spacial score (nSPS) is 16.0. The summed E-state index contributed by atoms with van der Waals surface area (Å²) in [5.74, 6) is 0.457. The Hall–Kier alpha value is -1.06. The van der Waals surface area contributed by atoms with Crippen molar-refractivity contribution in [1.82, 2.24) is 0 Å². The number of benzene rings is 1. The van der Waals surface area contributed by atoms with Crippen LogP contribution in [0, 0.1) is 11.3 Å². The summed E-state index contributed by atoms with van der Waals surface area (Å²) in [6.07, 6.45) is 2.19. The molecule has 90 valence electrons. The molecule has 0 radical (unpaired) electrons. The van der Waals surface area contributed by atoms with Gasteiger partial charge in [-0.2, -0.15) is 0 Å². The topological polar surface area (TPSA) is 62.2 Å². The lowest BCUT2D eigenvalue weighted by Crippen LogP contribution is -2.16. The third-order valence-electron chi connectivity index (χ3n) is 2.60. The number of hydrogen-bond acceptors (Lipinski definition) is 2. The Kier molecular flexibility index (Phi) is 3.69. The zero-order chi connectivity index (χ0) is 12.4. The van der Waals surface area contributed by atoms with Gasteiger partial charge in [-0.05, 0) is 25.0 Å². The summed E-state index contributed by atoms with van der Waals surface area (Å²) in [7, 11) is 0. The SMILES string of the molecule is N=C(N)CN=C(c1c(Cl)cccc1Cl)C1CC1. The lowest BCUT2D eigenvalue weighted by Gasteiger charge is -2.09. The fourth-order valence-corrected chi connectivity index (χ4v) is 2.27. The molecule has 1 aliphatic carbocycles. The molecule has 0 unspecified atom stereocenters. The van der Waals surface area contributed by atoms with Crippen LogP contribution >= 0.6 is 23.2 Å². The van der Waals surface area contributed by atoms with E-state index in [-0.39, 0.29) is 12.4 Å². The molecule has 1 aromatic rings. The zero-order valence-electron chi connectivity index (χ0n) is 9.21. The number of nitrogens with one attached hydrogen (secondary N) is 1. The van der Waals surface area contributed by atoms with Gasteiger partial charge in [0.2, 0.25) is 0 Å². The first-order valence-corrected chi connectivity index (χ1v) is 6.17. The number of amidine groups is 1. The zero-order valence-corrected chi connectivity index (χ0v) is 10.7. The Balaban J connectivity index is 2.39. The molecule has 1 fully saturated rings. The lowest BCUT2D eigenvalue weighted by atomic mass is 10.1. The molecular formula is C12H13Cl2N3. The number of nitrogens with zero attached hydrogens (tertiary/aromatic N) is 1. The molecule has 1 saturated carbocycles. The van der Waals surface area contributed by atoms with Gasteiger partial charge in [0.15, 0.2) is 0 Å². The van der Waals surface area contributed by atoms with Gasteiger partial charge in [0.1, 0.15) is 5.84 Å². The number of halogens is 2. The van der Waals surface area contributed by atoms with Crippen molar-refractivity contribution in [3.8, 4) is 0 Å². The van der Waals surface area contributed by atoms with E-state index in [1.807, 2.05) is 6.07 Å². The highest BCUT2D eigenvalue weighted by atomic mass is 35.5. The third kappa shape index (κ3) is 2.99. The summed E-state index contributed by atoms with van der Waals surface area (Å²) in [5.41, 5.74) is 7.00. The van der Waals surface area contributed by atoms with Crippen LogP contribution in [0.5, 0.6) is 0 Å². The average Bonchev–Trinajstić information content (AvgIpc) is 3.05. The second-order valence-electron chi connectivity index (χ2n) is 4.10. The van der Waals surface area contributed by atoms with Gasteiger partial charge in [0.25, 0.3) is 0 Å². The van der Waals surface area contributed by atoms with Gasteiger partial charge in [0, 0.05) is 17.2 Å². The van der Waals surface area contributed by atoms with Crippen LogP contribution in [0.2, 0.25) is 10.0 Å². The average molecular weight is 270 g/mol. The van der Waals surface area contributed by atoms with Crippen LogP contribution in [0.3, 0.4) is 0 Å². The van der Waals surface area contributed by atoms with E-state index in [4.69, 9.17) is 34.3 Å². The highest BCUT2D eigenvalue weighted by Crippen LogP contribution is 2.37. The van der Waals surface area contributed by atoms with Crippen LogP contribution in [-0.2, 0) is 0 Å². The summed E-state index contributed by atoms with van der Waals surface area (Å²) in [6.45, 7) is 0.202. The van der Waals surface area contributed by atoms with Crippen molar-refractivity contribution in [3.05, 3.63) is 33.8 Å². The number of nitrogens with two attached hydrogens (primary N) is 1. The second-order valence-corrected chi connectivity index (χ2v) is 4.91. The Morgan fingerprint density at radius 3 is 2.41 bits per heavy atom. The van der Waals surface area contributed by atoms with Gasteiger partial charge >= 0.3 is 0 Å². The summed E-state index contributed by atoms with van der Waals surface area (Å²) in [4.78, 5) is 4.38. The van der Waals surface area contributed by atoms with Crippen molar-refractivity contribution < 1.29 is 0 Å². The van der Waals surface area contributed by atoms with E-state index in [1.54, 1.807) is 12.1 Å². The maximum Gasteiger partial charge on any atom is 0.113 e. The smallest absolute Gasteiger partial charge is 0.113 e. The van der Waals surface area contributed by atoms with E-state index in [0.717, 1.165) is 24.1 Å². The quantitative estimate of drug-likeness (QED) is 0.640. The molecule has 0 aromatic heterocycles. The van der Waals surface area contributed by atoms with Crippen molar-refractivity contribution in [2.75, 3.05) is 6.54 Å². The van der Waals surface area contributed by atoms with Crippen molar-refractivity contribution in [2.24, 2.45) is 16.6 Å². The van der Waals surface area contributed by atoms with Gasteiger partial charge in [0.05, 0.1) is 16.6 Å². The first-order chi connectivity index (χ1) is 8.09. The summed E-state index contributed by atoms with van der Waals surface area (Å²) < 4.78 is 0. The number of aliphatic imine (C=N–C) groups is 1. The first kappa shape index (κ1) is 12.4. The van der Waals surface area contributed by atoms with E-state index in [0.29, 0.717) is 16.0 Å². The first-order valence-electron chi connectivity index (χ1n) is 5.41. The molecule has 0 spiro atoms. The van der Waals surface area contributed by atoms with Crippen molar-refractivity contribution in [3.63, 3.8) is 0 Å². The molecule has 1 aliphatic rings. The van der Waals surface area contributed by atoms with Crippen LogP contribution < -0.4 is 5.73 Å². The summed E-state index contributed by atoms with van der Waals surface area (Å²) in [5, 5.41) is 8.43. The van der Waals surface area contributed by atoms with Crippen molar-refractivity contribution in [1.29, 1.82) is 5.41 Å². The Bertz CT molecular complexity index is 458. The molecule has 2 rings (SSSR count).